The van der Waals surface area contributed by atoms with Gasteiger partial charge in [0.25, 0.3) is 0 Å². The number of aromatic nitrogens is 6. The minimum Gasteiger partial charge on any atom is -0.373 e. The molecule has 7 nitrogen and oxygen atoms in total. The number of nitrogens with zero attached hydrogens (tertiary/aromatic N) is 6. The van der Waals surface area contributed by atoms with Crippen LogP contribution in [0.1, 0.15) is 105 Å². The topological polar surface area (TPSA) is 78.6 Å². The lowest BCUT2D eigenvalue weighted by atomic mass is 9.31. The Morgan fingerprint density at radius 2 is 1.76 bits per heavy atom. The van der Waals surface area contributed by atoms with Crippen molar-refractivity contribution in [1.82, 2.24) is 29.7 Å². The van der Waals surface area contributed by atoms with Crippen molar-refractivity contribution in [2.24, 2.45) is 11.3 Å². The molecule has 7 heteroatoms. The Labute approximate surface area is 200 Å². The van der Waals surface area contributed by atoms with Crippen LogP contribution < -0.4 is 0 Å². The second-order valence-electron chi connectivity index (χ2n) is 11.9. The number of hydrogen-bond acceptors (Lipinski definition) is 6. The normalized spacial score (nSPS) is 32.6. The van der Waals surface area contributed by atoms with Crippen molar-refractivity contribution in [3.05, 3.63) is 40.9 Å². The van der Waals surface area contributed by atoms with Crippen molar-refractivity contribution in [2.75, 3.05) is 6.61 Å². The van der Waals surface area contributed by atoms with Gasteiger partial charge in [0, 0.05) is 29.7 Å². The van der Waals surface area contributed by atoms with Crippen molar-refractivity contribution < 1.29 is 4.74 Å². The molecule has 3 aromatic heterocycles. The van der Waals surface area contributed by atoms with E-state index in [0.717, 1.165) is 59.4 Å². The van der Waals surface area contributed by atoms with Gasteiger partial charge in [0.2, 0.25) is 0 Å². The third kappa shape index (κ3) is 3.01. The van der Waals surface area contributed by atoms with E-state index in [1.54, 1.807) is 0 Å². The first kappa shape index (κ1) is 20.9. The largest absolute Gasteiger partial charge is 0.373 e. The summed E-state index contributed by atoms with van der Waals surface area (Å²) in [4.78, 5) is 20.2. The molecule has 2 bridgehead atoms. The predicted octanol–water partition coefficient (Wildman–Crippen LogP) is 5.28. The smallest absolute Gasteiger partial charge is 0.182 e. The summed E-state index contributed by atoms with van der Waals surface area (Å²) < 4.78 is 8.30. The molecule has 4 heterocycles. The maximum Gasteiger partial charge on any atom is 0.182 e. The molecule has 0 amide bonds. The molecule has 3 aromatic rings. The minimum absolute atomic E-state index is 0.0546. The number of hydrogen-bond donors (Lipinski definition) is 0. The highest BCUT2D eigenvalue weighted by Crippen LogP contribution is 2.76. The van der Waals surface area contributed by atoms with Crippen molar-refractivity contribution in [3.8, 4) is 0 Å². The summed E-state index contributed by atoms with van der Waals surface area (Å²) in [5.41, 5.74) is 6.67. The third-order valence-electron chi connectivity index (χ3n) is 9.32. The van der Waals surface area contributed by atoms with E-state index in [1.165, 1.54) is 37.7 Å². The van der Waals surface area contributed by atoms with Gasteiger partial charge in [0.1, 0.15) is 11.3 Å². The minimum atomic E-state index is 0.0546. The van der Waals surface area contributed by atoms with Gasteiger partial charge in [0.15, 0.2) is 5.65 Å². The van der Waals surface area contributed by atoms with Gasteiger partial charge in [-0.2, -0.15) is 5.10 Å². The van der Waals surface area contributed by atoms with E-state index in [-0.39, 0.29) is 17.4 Å². The maximum atomic E-state index is 6.19. The van der Waals surface area contributed by atoms with Crippen LogP contribution in [-0.2, 0) is 10.2 Å². The fraction of sp³-hybridized carbons (Fsp3) is 0.667. The highest BCUT2D eigenvalue weighted by atomic mass is 16.5. The molecule has 178 valence electrons. The summed E-state index contributed by atoms with van der Waals surface area (Å²) in [6, 6.07) is 0.590. The van der Waals surface area contributed by atoms with Crippen LogP contribution in [0.15, 0.2) is 12.4 Å². The van der Waals surface area contributed by atoms with E-state index in [4.69, 9.17) is 24.7 Å². The molecule has 0 aromatic carbocycles. The van der Waals surface area contributed by atoms with Crippen LogP contribution in [0.5, 0.6) is 0 Å². The van der Waals surface area contributed by atoms with E-state index < -0.39 is 0 Å². The van der Waals surface area contributed by atoms with Gasteiger partial charge in [-0.3, -0.25) is 4.68 Å². The molecule has 0 radical (unpaired) electrons. The van der Waals surface area contributed by atoms with Gasteiger partial charge >= 0.3 is 0 Å². The summed E-state index contributed by atoms with van der Waals surface area (Å²) in [5, 5.41) is 4.59. The summed E-state index contributed by atoms with van der Waals surface area (Å²) in [7, 11) is 0. The number of rotatable bonds is 5. The summed E-state index contributed by atoms with van der Waals surface area (Å²) in [6.45, 7) is 9.53. The Morgan fingerprint density at radius 3 is 2.50 bits per heavy atom. The predicted molar refractivity (Wildman–Crippen MR) is 129 cm³/mol. The first-order valence-corrected chi connectivity index (χ1v) is 13.0. The fourth-order valence-electron chi connectivity index (χ4n) is 6.73. The van der Waals surface area contributed by atoms with E-state index >= 15 is 0 Å². The Bertz CT molecular complexity index is 1270. The van der Waals surface area contributed by atoms with Gasteiger partial charge in [-0.15, -0.1) is 0 Å². The first-order chi connectivity index (χ1) is 16.4. The summed E-state index contributed by atoms with van der Waals surface area (Å²) in [5.74, 6) is 1.93. The summed E-state index contributed by atoms with van der Waals surface area (Å²) >= 11 is 0. The molecular weight excluding hydrogens is 424 g/mol. The monoisotopic (exact) mass is 458 g/mol. The molecule has 4 aliphatic carbocycles. The van der Waals surface area contributed by atoms with E-state index in [1.807, 2.05) is 20.0 Å². The average Bonchev–Trinajstić information content (AvgIpc) is 3.49. The molecule has 5 fully saturated rings. The van der Waals surface area contributed by atoms with Gasteiger partial charge in [-0.1, -0.05) is 13.8 Å². The van der Waals surface area contributed by atoms with E-state index in [9.17, 15) is 0 Å². The number of ether oxygens (including phenoxy) is 1. The van der Waals surface area contributed by atoms with Crippen molar-refractivity contribution >= 4 is 11.2 Å². The van der Waals surface area contributed by atoms with Gasteiger partial charge in [-0.05, 0) is 70.1 Å². The zero-order valence-corrected chi connectivity index (χ0v) is 20.7. The Morgan fingerprint density at radius 1 is 1.00 bits per heavy atom. The lowest BCUT2D eigenvalue weighted by Crippen LogP contribution is -2.67. The highest BCUT2D eigenvalue weighted by Gasteiger charge is 2.70. The Balaban J connectivity index is 1.24. The third-order valence-corrected chi connectivity index (χ3v) is 9.32. The molecular formula is C27H34N6O. The maximum absolute atomic E-state index is 6.19. The van der Waals surface area contributed by atoms with E-state index in [0.29, 0.717) is 11.5 Å². The first-order valence-electron chi connectivity index (χ1n) is 13.0. The quantitative estimate of drug-likeness (QED) is 0.517. The highest BCUT2D eigenvalue weighted by molar-refractivity contribution is 5.75. The van der Waals surface area contributed by atoms with Crippen LogP contribution in [0.25, 0.3) is 11.2 Å². The molecule has 8 rings (SSSR count). The molecule has 0 N–H and O–H groups in total. The van der Waals surface area contributed by atoms with Crippen LogP contribution in [0, 0.1) is 25.2 Å². The van der Waals surface area contributed by atoms with Crippen LogP contribution in [0.2, 0.25) is 0 Å². The molecule has 2 atom stereocenters. The Hall–Kier alpha value is -2.41. The average molecular weight is 459 g/mol. The molecule has 4 saturated carbocycles. The zero-order chi connectivity index (χ0) is 23.2. The SMILES string of the molecule is Cc1nc2nc([C@H]3CCO[C@@H](c4cnn(C5CC5)c4)C3)nc(C34CC(C(C)C)(C3)C4)c2nc1C. The van der Waals surface area contributed by atoms with Crippen LogP contribution in [0.4, 0.5) is 0 Å². The second-order valence-corrected chi connectivity index (χ2v) is 11.9. The summed E-state index contributed by atoms with van der Waals surface area (Å²) in [6.07, 6.45) is 12.2. The van der Waals surface area contributed by atoms with Crippen molar-refractivity contribution in [3.63, 3.8) is 0 Å². The van der Waals surface area contributed by atoms with E-state index in [2.05, 4.69) is 29.8 Å². The molecule has 0 unspecified atom stereocenters. The number of aryl methyl sites for hydroxylation is 2. The molecule has 34 heavy (non-hydrogen) atoms. The van der Waals surface area contributed by atoms with Gasteiger partial charge in [0.05, 0.1) is 35.4 Å². The standard InChI is InChI=1S/C27H34N6O/c1-15(2)26-12-27(13-26,14-26)23-22-25(30-17(4)16(3)29-22)32-24(31-23)18-7-8-34-21(9-18)19-10-28-33(11-19)20-5-6-20/h10-11,15,18,20-21H,5-9,12-14H2,1-4H3/t18-,21+,26?,27?/m0/s1. The molecule has 0 spiro atoms. The lowest BCUT2D eigenvalue weighted by Gasteiger charge is -2.72. The second kappa shape index (κ2) is 7.06. The Kier molecular flexibility index (Phi) is 4.34. The van der Waals surface area contributed by atoms with Crippen molar-refractivity contribution in [2.45, 2.75) is 96.1 Å². The van der Waals surface area contributed by atoms with Crippen LogP contribution >= 0.6 is 0 Å². The number of fused-ring (bicyclic) bond motifs is 1. The van der Waals surface area contributed by atoms with Crippen LogP contribution in [0.3, 0.4) is 0 Å². The van der Waals surface area contributed by atoms with Crippen molar-refractivity contribution in [1.29, 1.82) is 0 Å². The van der Waals surface area contributed by atoms with Gasteiger partial charge < -0.3 is 4.74 Å². The van der Waals surface area contributed by atoms with Crippen LogP contribution in [-0.4, -0.2) is 36.3 Å². The molecule has 1 aliphatic heterocycles. The molecule has 1 saturated heterocycles. The molecule has 5 aliphatic rings. The zero-order valence-electron chi connectivity index (χ0n) is 20.7. The lowest BCUT2D eigenvalue weighted by molar-refractivity contribution is -0.174. The fourth-order valence-corrected chi connectivity index (χ4v) is 6.73. The van der Waals surface area contributed by atoms with Gasteiger partial charge in [-0.25, -0.2) is 19.9 Å².